The van der Waals surface area contributed by atoms with Crippen LogP contribution in [0.25, 0.3) is 0 Å². The minimum absolute atomic E-state index is 0.161. The third-order valence-corrected chi connectivity index (χ3v) is 5.92. The summed E-state index contributed by atoms with van der Waals surface area (Å²) in [5.74, 6) is 1.40. The summed E-state index contributed by atoms with van der Waals surface area (Å²) in [5.41, 5.74) is 0.310. The molecule has 2 heteroatoms. The van der Waals surface area contributed by atoms with Crippen molar-refractivity contribution >= 4 is 28.4 Å². The zero-order chi connectivity index (χ0) is 11.6. The van der Waals surface area contributed by atoms with Crippen LogP contribution in [0.15, 0.2) is 12.2 Å². The molecule has 86 valence electrons. The molecule has 15 heavy (non-hydrogen) atoms. The van der Waals surface area contributed by atoms with Crippen molar-refractivity contribution in [2.24, 2.45) is 17.3 Å². The molecule has 0 aliphatic heterocycles. The van der Waals surface area contributed by atoms with Crippen LogP contribution in [0.1, 0.15) is 40.5 Å². The number of hydrogen-bond donors (Lipinski definition) is 0. The minimum Gasteiger partial charge on any atom is -0.295 e. The Kier molecular flexibility index (Phi) is 4.38. The van der Waals surface area contributed by atoms with Gasteiger partial charge >= 0.3 is 0 Å². The fourth-order valence-corrected chi connectivity index (χ4v) is 3.35. The van der Waals surface area contributed by atoms with Gasteiger partial charge < -0.3 is 0 Å². The summed E-state index contributed by atoms with van der Waals surface area (Å²) in [6.07, 6.45) is 6.47. The maximum atomic E-state index is 11.0. The van der Waals surface area contributed by atoms with Crippen molar-refractivity contribution in [1.82, 2.24) is 0 Å². The topological polar surface area (TPSA) is 17.1 Å². The van der Waals surface area contributed by atoms with E-state index in [9.17, 15) is 4.79 Å². The Balaban J connectivity index is 2.85. The normalized spacial score (nSPS) is 35.7. The predicted octanol–water partition coefficient (Wildman–Crippen LogP) is 4.01. The Morgan fingerprint density at radius 1 is 1.40 bits per heavy atom. The second kappa shape index (κ2) is 4.98. The first kappa shape index (κ1) is 13.2. The van der Waals surface area contributed by atoms with Crippen LogP contribution >= 0.6 is 22.6 Å². The summed E-state index contributed by atoms with van der Waals surface area (Å²) in [6.45, 7) is 8.59. The van der Waals surface area contributed by atoms with Crippen molar-refractivity contribution < 1.29 is 4.79 Å². The van der Waals surface area contributed by atoms with Crippen molar-refractivity contribution in [3.05, 3.63) is 12.2 Å². The molecule has 0 saturated heterocycles. The molecule has 1 fully saturated rings. The molecule has 0 spiro atoms. The number of allylic oxidation sites excluding steroid dienone is 2. The van der Waals surface area contributed by atoms with E-state index >= 15 is 0 Å². The number of halogens is 1. The molecule has 1 saturated carbocycles. The average molecular weight is 320 g/mol. The van der Waals surface area contributed by atoms with E-state index in [0.29, 0.717) is 21.2 Å². The lowest BCUT2D eigenvalue weighted by Gasteiger charge is -2.45. The second-order valence-corrected chi connectivity index (χ2v) is 6.84. The quantitative estimate of drug-likeness (QED) is 0.427. The van der Waals surface area contributed by atoms with Crippen LogP contribution in [0, 0.1) is 17.3 Å². The van der Waals surface area contributed by atoms with Gasteiger partial charge in [0.2, 0.25) is 0 Å². The van der Waals surface area contributed by atoms with E-state index < -0.39 is 0 Å². The van der Waals surface area contributed by atoms with Gasteiger partial charge in [0.1, 0.15) is 0 Å². The average Bonchev–Trinajstić information content (AvgIpc) is 2.11. The molecule has 1 nitrogen and oxygen atoms in total. The Labute approximate surface area is 107 Å². The largest absolute Gasteiger partial charge is 0.295 e. The molecule has 0 N–H and O–H groups in total. The number of ketones is 1. The molecular formula is C13H21IO. The lowest BCUT2D eigenvalue weighted by Crippen LogP contribution is -2.40. The van der Waals surface area contributed by atoms with Gasteiger partial charge in [0, 0.05) is 3.92 Å². The van der Waals surface area contributed by atoms with Gasteiger partial charge in [-0.3, -0.25) is 4.79 Å². The fourth-order valence-electron chi connectivity index (χ4n) is 2.58. The van der Waals surface area contributed by atoms with E-state index in [1.165, 1.54) is 12.8 Å². The van der Waals surface area contributed by atoms with Crippen molar-refractivity contribution in [3.63, 3.8) is 0 Å². The summed E-state index contributed by atoms with van der Waals surface area (Å²) in [4.78, 5) is 11.0. The summed E-state index contributed by atoms with van der Waals surface area (Å²) in [6, 6.07) is 0. The highest BCUT2D eigenvalue weighted by Crippen LogP contribution is 2.48. The maximum Gasteiger partial charge on any atom is 0.152 e. The lowest BCUT2D eigenvalue weighted by atomic mass is 9.64. The smallest absolute Gasteiger partial charge is 0.152 e. The van der Waals surface area contributed by atoms with Gasteiger partial charge in [-0.25, -0.2) is 0 Å². The van der Waals surface area contributed by atoms with E-state index in [-0.39, 0.29) is 5.78 Å². The van der Waals surface area contributed by atoms with E-state index in [1.807, 2.05) is 0 Å². The van der Waals surface area contributed by atoms with Gasteiger partial charge in [-0.2, -0.15) is 0 Å². The van der Waals surface area contributed by atoms with Gasteiger partial charge in [-0.1, -0.05) is 49.4 Å². The number of hydrogen-bond acceptors (Lipinski definition) is 1. The summed E-state index contributed by atoms with van der Waals surface area (Å²) in [5, 5.41) is 0. The first-order chi connectivity index (χ1) is 6.85. The molecule has 1 aliphatic carbocycles. The molecule has 3 unspecified atom stereocenters. The number of carbonyl (C=O) groups is 1. The summed E-state index contributed by atoms with van der Waals surface area (Å²) < 4.78 is 0.716. The highest BCUT2D eigenvalue weighted by atomic mass is 127. The molecule has 0 amide bonds. The van der Waals surface area contributed by atoms with Gasteiger partial charge in [-0.05, 0) is 43.1 Å². The Morgan fingerprint density at radius 2 is 2.00 bits per heavy atom. The molecule has 1 rings (SSSR count). The van der Waals surface area contributed by atoms with Crippen molar-refractivity contribution in [2.75, 3.05) is 0 Å². The number of alkyl halides is 1. The molecule has 0 aromatic carbocycles. The molecule has 1 aliphatic rings. The Bertz CT molecular complexity index is 268. The van der Waals surface area contributed by atoms with Crippen LogP contribution in [-0.4, -0.2) is 9.71 Å². The van der Waals surface area contributed by atoms with Crippen molar-refractivity contribution in [1.29, 1.82) is 0 Å². The zero-order valence-electron chi connectivity index (χ0n) is 10.1. The Hall–Kier alpha value is 0.140. The predicted molar refractivity (Wildman–Crippen MR) is 73.3 cm³/mol. The maximum absolute atomic E-state index is 11.0. The van der Waals surface area contributed by atoms with Gasteiger partial charge in [0.15, 0.2) is 5.78 Å². The molecule has 0 bridgehead atoms. The minimum atomic E-state index is 0.161. The fraction of sp³-hybridized carbons (Fsp3) is 0.769. The van der Waals surface area contributed by atoms with E-state index in [4.69, 9.17) is 0 Å². The van der Waals surface area contributed by atoms with Crippen LogP contribution in [0.5, 0.6) is 0 Å². The lowest BCUT2D eigenvalue weighted by molar-refractivity contribution is -0.112. The Morgan fingerprint density at radius 3 is 2.53 bits per heavy atom. The number of carbonyl (C=O) groups excluding carboxylic acids is 1. The van der Waals surface area contributed by atoms with Crippen LogP contribution in [-0.2, 0) is 4.79 Å². The van der Waals surface area contributed by atoms with E-state index in [2.05, 4.69) is 49.4 Å². The van der Waals surface area contributed by atoms with Crippen LogP contribution in [0.4, 0.5) is 0 Å². The zero-order valence-corrected chi connectivity index (χ0v) is 12.2. The van der Waals surface area contributed by atoms with Crippen LogP contribution in [0.2, 0.25) is 0 Å². The van der Waals surface area contributed by atoms with Crippen LogP contribution in [0.3, 0.4) is 0 Å². The monoisotopic (exact) mass is 320 g/mol. The molecule has 0 heterocycles. The van der Waals surface area contributed by atoms with E-state index in [0.717, 1.165) is 0 Å². The third-order valence-electron chi connectivity index (χ3n) is 3.69. The molecule has 0 aromatic heterocycles. The van der Waals surface area contributed by atoms with E-state index in [1.54, 1.807) is 13.0 Å². The summed E-state index contributed by atoms with van der Waals surface area (Å²) in [7, 11) is 0. The molecular weight excluding hydrogens is 299 g/mol. The highest BCUT2D eigenvalue weighted by Gasteiger charge is 2.41. The second-order valence-electron chi connectivity index (χ2n) is 5.34. The summed E-state index contributed by atoms with van der Waals surface area (Å²) >= 11 is 2.56. The van der Waals surface area contributed by atoms with Crippen molar-refractivity contribution in [2.45, 2.75) is 44.5 Å². The molecule has 0 radical (unpaired) electrons. The SMILES string of the molecule is CC(=O)/C=C/C1C(C)CCC(I)C1(C)C. The van der Waals surface area contributed by atoms with Crippen LogP contribution < -0.4 is 0 Å². The third kappa shape index (κ3) is 3.05. The first-order valence-electron chi connectivity index (χ1n) is 5.68. The number of rotatable bonds is 2. The van der Waals surface area contributed by atoms with Gasteiger partial charge in [0.05, 0.1) is 0 Å². The molecule has 0 aromatic rings. The van der Waals surface area contributed by atoms with Crippen molar-refractivity contribution in [3.8, 4) is 0 Å². The standard InChI is InChI=1S/C13H21IO/c1-9-5-8-12(14)13(3,4)11(9)7-6-10(2)15/h6-7,9,11-12H,5,8H2,1-4H3/b7-6+. The van der Waals surface area contributed by atoms with Gasteiger partial charge in [-0.15, -0.1) is 0 Å². The van der Waals surface area contributed by atoms with Gasteiger partial charge in [0.25, 0.3) is 0 Å². The molecule has 3 atom stereocenters. The highest BCUT2D eigenvalue weighted by molar-refractivity contribution is 14.1. The first-order valence-corrected chi connectivity index (χ1v) is 6.93.